The molecule has 1 aromatic rings. The molecule has 2 heterocycles. The molecule has 1 aliphatic rings. The molecule has 2 rings (SSSR count). The Hall–Kier alpha value is -0.500. The molecule has 0 radical (unpaired) electrons. The number of sulfonamides is 1. The zero-order valence-corrected chi connectivity index (χ0v) is 14.0. The summed E-state index contributed by atoms with van der Waals surface area (Å²) in [7, 11) is -3.47. The summed E-state index contributed by atoms with van der Waals surface area (Å²) in [5.41, 5.74) is 0. The summed E-state index contributed by atoms with van der Waals surface area (Å²) in [6.45, 7) is 3.82. The standard InChI is InChI=1S/C13H20BrN3O2S/c1-2-17(10-12-5-3-4-6-16-12)20(18,19)13-7-11(14)8-15-9-13/h7-9,12,16H,2-6,10H2,1H3. The van der Waals surface area contributed by atoms with E-state index in [2.05, 4.69) is 26.2 Å². The summed E-state index contributed by atoms with van der Waals surface area (Å²) in [5, 5.41) is 3.39. The van der Waals surface area contributed by atoms with Gasteiger partial charge >= 0.3 is 0 Å². The highest BCUT2D eigenvalue weighted by Crippen LogP contribution is 2.20. The van der Waals surface area contributed by atoms with Crippen molar-refractivity contribution in [1.29, 1.82) is 0 Å². The van der Waals surface area contributed by atoms with E-state index in [1.54, 1.807) is 12.3 Å². The minimum Gasteiger partial charge on any atom is -0.313 e. The van der Waals surface area contributed by atoms with Crippen LogP contribution in [0.1, 0.15) is 26.2 Å². The van der Waals surface area contributed by atoms with Crippen LogP contribution in [-0.2, 0) is 10.0 Å². The number of hydrogen-bond acceptors (Lipinski definition) is 4. The van der Waals surface area contributed by atoms with E-state index in [4.69, 9.17) is 0 Å². The van der Waals surface area contributed by atoms with Crippen LogP contribution in [0.2, 0.25) is 0 Å². The van der Waals surface area contributed by atoms with Gasteiger partial charge in [-0.3, -0.25) is 4.98 Å². The number of nitrogens with one attached hydrogen (secondary N) is 1. The Morgan fingerprint density at radius 1 is 1.45 bits per heavy atom. The normalized spacial score (nSPS) is 20.2. The molecule has 0 saturated carbocycles. The SMILES string of the molecule is CCN(CC1CCCCN1)S(=O)(=O)c1cncc(Br)c1. The molecule has 0 spiro atoms. The van der Waals surface area contributed by atoms with Crippen LogP contribution < -0.4 is 5.32 Å². The fourth-order valence-electron chi connectivity index (χ4n) is 2.41. The number of rotatable bonds is 5. The maximum Gasteiger partial charge on any atom is 0.244 e. The predicted octanol–water partition coefficient (Wildman–Crippen LogP) is 2.00. The van der Waals surface area contributed by atoms with Crippen molar-refractivity contribution in [3.8, 4) is 0 Å². The molecule has 1 unspecified atom stereocenters. The van der Waals surface area contributed by atoms with Gasteiger partial charge in [-0.15, -0.1) is 0 Å². The maximum absolute atomic E-state index is 12.6. The van der Waals surface area contributed by atoms with Gasteiger partial charge in [0.15, 0.2) is 0 Å². The van der Waals surface area contributed by atoms with Crippen molar-refractivity contribution in [3.63, 3.8) is 0 Å². The second-order valence-corrected chi connectivity index (χ2v) is 7.79. The van der Waals surface area contributed by atoms with Crippen LogP contribution in [-0.4, -0.2) is 43.4 Å². The van der Waals surface area contributed by atoms with Crippen LogP contribution in [0.4, 0.5) is 0 Å². The molecule has 1 N–H and O–H groups in total. The van der Waals surface area contributed by atoms with Crippen LogP contribution in [0.5, 0.6) is 0 Å². The van der Waals surface area contributed by atoms with Gasteiger partial charge in [0.1, 0.15) is 4.90 Å². The van der Waals surface area contributed by atoms with Gasteiger partial charge < -0.3 is 5.32 Å². The highest BCUT2D eigenvalue weighted by atomic mass is 79.9. The van der Waals surface area contributed by atoms with Gasteiger partial charge in [0, 0.05) is 36.0 Å². The lowest BCUT2D eigenvalue weighted by Gasteiger charge is -2.29. The Bertz CT molecular complexity index is 544. The first-order chi connectivity index (χ1) is 9.54. The van der Waals surface area contributed by atoms with Gasteiger partial charge in [-0.1, -0.05) is 13.3 Å². The Morgan fingerprint density at radius 3 is 2.85 bits per heavy atom. The third-order valence-corrected chi connectivity index (χ3v) is 5.85. The van der Waals surface area contributed by atoms with Crippen LogP contribution in [0, 0.1) is 0 Å². The Morgan fingerprint density at radius 2 is 2.25 bits per heavy atom. The molecular weight excluding hydrogens is 342 g/mol. The van der Waals surface area contributed by atoms with Crippen LogP contribution in [0.3, 0.4) is 0 Å². The van der Waals surface area contributed by atoms with Gasteiger partial charge in [-0.2, -0.15) is 4.31 Å². The number of piperidine rings is 1. The van der Waals surface area contributed by atoms with Crippen molar-refractivity contribution < 1.29 is 8.42 Å². The van der Waals surface area contributed by atoms with E-state index < -0.39 is 10.0 Å². The maximum atomic E-state index is 12.6. The molecule has 112 valence electrons. The Kier molecular flexibility index (Phi) is 5.54. The van der Waals surface area contributed by atoms with Crippen molar-refractivity contribution in [3.05, 3.63) is 22.9 Å². The largest absolute Gasteiger partial charge is 0.313 e. The first kappa shape index (κ1) is 15.9. The monoisotopic (exact) mass is 361 g/mol. The molecule has 7 heteroatoms. The lowest BCUT2D eigenvalue weighted by molar-refractivity contribution is 0.319. The van der Waals surface area contributed by atoms with Gasteiger partial charge in [0.2, 0.25) is 10.0 Å². The average Bonchev–Trinajstić information content (AvgIpc) is 2.45. The average molecular weight is 362 g/mol. The van der Waals surface area contributed by atoms with E-state index in [0.717, 1.165) is 19.4 Å². The number of pyridine rings is 1. The Labute approximate surface area is 129 Å². The van der Waals surface area contributed by atoms with Gasteiger partial charge in [0.25, 0.3) is 0 Å². The van der Waals surface area contributed by atoms with E-state index in [9.17, 15) is 8.42 Å². The van der Waals surface area contributed by atoms with Crippen LogP contribution in [0.25, 0.3) is 0 Å². The molecule has 1 atom stereocenters. The number of halogens is 1. The lowest BCUT2D eigenvalue weighted by atomic mass is 10.1. The molecule has 20 heavy (non-hydrogen) atoms. The van der Waals surface area contributed by atoms with Crippen molar-refractivity contribution in [2.24, 2.45) is 0 Å². The zero-order valence-electron chi connectivity index (χ0n) is 11.5. The number of nitrogens with zero attached hydrogens (tertiary/aromatic N) is 2. The third kappa shape index (κ3) is 3.78. The minimum absolute atomic E-state index is 0.240. The zero-order chi connectivity index (χ0) is 14.6. The smallest absolute Gasteiger partial charge is 0.244 e. The molecule has 1 fully saturated rings. The summed E-state index contributed by atoms with van der Waals surface area (Å²) in [4.78, 5) is 4.19. The lowest BCUT2D eigenvalue weighted by Crippen LogP contribution is -2.45. The first-order valence-electron chi connectivity index (χ1n) is 6.88. The third-order valence-electron chi connectivity index (χ3n) is 3.51. The predicted molar refractivity (Wildman–Crippen MR) is 82.0 cm³/mol. The second kappa shape index (κ2) is 6.98. The minimum atomic E-state index is -3.47. The van der Waals surface area contributed by atoms with Crippen molar-refractivity contribution in [2.45, 2.75) is 37.1 Å². The summed E-state index contributed by atoms with van der Waals surface area (Å²) in [6, 6.07) is 1.85. The van der Waals surface area contributed by atoms with Gasteiger partial charge in [-0.05, 0) is 41.4 Å². The van der Waals surface area contributed by atoms with E-state index in [1.165, 1.54) is 16.9 Å². The fourth-order valence-corrected chi connectivity index (χ4v) is 4.41. The van der Waals surface area contributed by atoms with Crippen molar-refractivity contribution >= 4 is 26.0 Å². The second-order valence-electron chi connectivity index (χ2n) is 4.94. The molecule has 0 bridgehead atoms. The molecule has 0 amide bonds. The van der Waals surface area contributed by atoms with E-state index in [1.807, 2.05) is 6.92 Å². The molecule has 1 aromatic heterocycles. The van der Waals surface area contributed by atoms with Gasteiger partial charge in [-0.25, -0.2) is 8.42 Å². The summed E-state index contributed by atoms with van der Waals surface area (Å²) < 4.78 is 27.5. The summed E-state index contributed by atoms with van der Waals surface area (Å²) >= 11 is 3.27. The highest BCUT2D eigenvalue weighted by Gasteiger charge is 2.26. The quantitative estimate of drug-likeness (QED) is 0.870. The van der Waals surface area contributed by atoms with Crippen molar-refractivity contribution in [2.75, 3.05) is 19.6 Å². The summed E-state index contributed by atoms with van der Waals surface area (Å²) in [5.74, 6) is 0. The van der Waals surface area contributed by atoms with E-state index >= 15 is 0 Å². The molecule has 0 aromatic carbocycles. The molecule has 1 saturated heterocycles. The van der Waals surface area contributed by atoms with Crippen LogP contribution in [0.15, 0.2) is 27.8 Å². The first-order valence-corrected chi connectivity index (χ1v) is 9.11. The molecular formula is C13H20BrN3O2S. The topological polar surface area (TPSA) is 62.3 Å². The molecule has 0 aliphatic carbocycles. The molecule has 1 aliphatic heterocycles. The van der Waals surface area contributed by atoms with E-state index in [0.29, 0.717) is 17.6 Å². The van der Waals surface area contributed by atoms with E-state index in [-0.39, 0.29) is 10.9 Å². The van der Waals surface area contributed by atoms with Crippen LogP contribution >= 0.6 is 15.9 Å². The molecule has 5 nitrogen and oxygen atoms in total. The highest BCUT2D eigenvalue weighted by molar-refractivity contribution is 9.10. The number of hydrogen-bond donors (Lipinski definition) is 1. The van der Waals surface area contributed by atoms with Gasteiger partial charge in [0.05, 0.1) is 0 Å². The number of aromatic nitrogens is 1. The number of likely N-dealkylation sites (N-methyl/N-ethyl adjacent to an activating group) is 1. The Balaban J connectivity index is 2.16. The fraction of sp³-hybridized carbons (Fsp3) is 0.615. The summed E-state index contributed by atoms with van der Waals surface area (Å²) in [6.07, 6.45) is 6.34. The van der Waals surface area contributed by atoms with Crippen molar-refractivity contribution in [1.82, 2.24) is 14.6 Å².